The van der Waals surface area contributed by atoms with Gasteiger partial charge < -0.3 is 10.2 Å². The molecule has 0 saturated carbocycles. The summed E-state index contributed by atoms with van der Waals surface area (Å²) in [7, 11) is 0. The first kappa shape index (κ1) is 12.1. The van der Waals surface area contributed by atoms with Crippen LogP contribution in [0.25, 0.3) is 0 Å². The van der Waals surface area contributed by atoms with E-state index < -0.39 is 0 Å². The van der Waals surface area contributed by atoms with E-state index in [-0.39, 0.29) is 18.3 Å². The van der Waals surface area contributed by atoms with Crippen molar-refractivity contribution >= 4 is 11.3 Å². The van der Waals surface area contributed by atoms with Crippen molar-refractivity contribution in [3.8, 4) is 5.75 Å². The highest BCUT2D eigenvalue weighted by atomic mass is 32.1. The van der Waals surface area contributed by atoms with E-state index in [2.05, 4.69) is 4.98 Å². The fourth-order valence-electron chi connectivity index (χ4n) is 1.51. The molecule has 2 rings (SSSR count). The van der Waals surface area contributed by atoms with Crippen molar-refractivity contribution in [1.29, 1.82) is 0 Å². The monoisotopic (exact) mass is 249 g/mol. The van der Waals surface area contributed by atoms with E-state index in [4.69, 9.17) is 5.11 Å². The number of nitrogens with zero attached hydrogens (tertiary/aromatic N) is 1. The van der Waals surface area contributed by atoms with Gasteiger partial charge in [-0.25, -0.2) is 4.98 Å². The lowest BCUT2D eigenvalue weighted by Gasteiger charge is -2.02. The van der Waals surface area contributed by atoms with Crippen LogP contribution in [-0.4, -0.2) is 21.8 Å². The zero-order valence-corrected chi connectivity index (χ0v) is 10.4. The second-order valence-corrected chi connectivity index (χ2v) is 5.04. The number of aromatic nitrogens is 1. The van der Waals surface area contributed by atoms with E-state index in [0.29, 0.717) is 0 Å². The first-order valence-electron chi connectivity index (χ1n) is 5.52. The number of aliphatic hydroxyl groups is 1. The van der Waals surface area contributed by atoms with Crippen LogP contribution >= 0.6 is 11.3 Å². The highest BCUT2D eigenvalue weighted by Gasteiger charge is 2.09. The number of aliphatic hydroxyl groups excluding tert-OH is 1. The lowest BCUT2D eigenvalue weighted by Crippen LogP contribution is -1.99. The molecule has 2 aromatic rings. The third kappa shape index (κ3) is 3.05. The smallest absolute Gasteiger partial charge is 0.115 e. The van der Waals surface area contributed by atoms with Crippen LogP contribution < -0.4 is 0 Å². The number of benzene rings is 1. The van der Waals surface area contributed by atoms with E-state index in [1.165, 1.54) is 0 Å². The second-order valence-electron chi connectivity index (χ2n) is 4.09. The summed E-state index contributed by atoms with van der Waals surface area (Å²) >= 11 is 1.61. The molecule has 0 bridgehead atoms. The Labute approximate surface area is 104 Å². The SMILES string of the molecule is CC(CO)c1csc(Cc2ccc(O)cc2)n1. The first-order chi connectivity index (χ1) is 8.19. The fraction of sp³-hybridized carbons (Fsp3) is 0.308. The van der Waals surface area contributed by atoms with Crippen LogP contribution in [0.3, 0.4) is 0 Å². The molecule has 0 aliphatic carbocycles. The molecule has 0 radical (unpaired) electrons. The molecule has 17 heavy (non-hydrogen) atoms. The molecule has 1 aromatic heterocycles. The number of phenolic OH excluding ortho intramolecular Hbond substituents is 1. The van der Waals surface area contributed by atoms with Crippen LogP contribution in [0.4, 0.5) is 0 Å². The van der Waals surface area contributed by atoms with Gasteiger partial charge in [0.1, 0.15) is 5.75 Å². The Morgan fingerprint density at radius 1 is 1.29 bits per heavy atom. The summed E-state index contributed by atoms with van der Waals surface area (Å²) < 4.78 is 0. The molecule has 3 nitrogen and oxygen atoms in total. The molecule has 2 N–H and O–H groups in total. The summed E-state index contributed by atoms with van der Waals surface area (Å²) in [6, 6.07) is 7.15. The van der Waals surface area contributed by atoms with Crippen LogP contribution in [-0.2, 0) is 6.42 Å². The van der Waals surface area contributed by atoms with E-state index in [1.54, 1.807) is 23.5 Å². The van der Waals surface area contributed by atoms with Gasteiger partial charge in [0.25, 0.3) is 0 Å². The van der Waals surface area contributed by atoms with Gasteiger partial charge in [0.15, 0.2) is 0 Å². The number of hydrogen-bond acceptors (Lipinski definition) is 4. The molecule has 0 fully saturated rings. The van der Waals surface area contributed by atoms with Crippen LogP contribution in [0.5, 0.6) is 5.75 Å². The van der Waals surface area contributed by atoms with Gasteiger partial charge in [-0.15, -0.1) is 11.3 Å². The van der Waals surface area contributed by atoms with Crippen molar-refractivity contribution < 1.29 is 10.2 Å². The molecule has 1 unspecified atom stereocenters. The summed E-state index contributed by atoms with van der Waals surface area (Å²) in [6.07, 6.45) is 0.767. The summed E-state index contributed by atoms with van der Waals surface area (Å²) in [5.41, 5.74) is 2.08. The van der Waals surface area contributed by atoms with E-state index in [9.17, 15) is 5.11 Å². The maximum atomic E-state index is 9.19. The average molecular weight is 249 g/mol. The topological polar surface area (TPSA) is 53.4 Å². The van der Waals surface area contributed by atoms with Gasteiger partial charge in [0.05, 0.1) is 17.3 Å². The molecule has 0 saturated heterocycles. The largest absolute Gasteiger partial charge is 0.508 e. The molecule has 0 spiro atoms. The lowest BCUT2D eigenvalue weighted by molar-refractivity contribution is 0.271. The number of thiazole rings is 1. The number of aromatic hydroxyl groups is 1. The molecule has 90 valence electrons. The Hall–Kier alpha value is -1.39. The van der Waals surface area contributed by atoms with Crippen molar-refractivity contribution in [3.05, 3.63) is 45.9 Å². The molecule has 1 heterocycles. The third-order valence-corrected chi connectivity index (χ3v) is 3.51. The van der Waals surface area contributed by atoms with E-state index >= 15 is 0 Å². The fourth-order valence-corrected chi connectivity index (χ4v) is 2.46. The van der Waals surface area contributed by atoms with Gasteiger partial charge in [0, 0.05) is 17.7 Å². The standard InChI is InChI=1S/C13H15NO2S/c1-9(7-15)12-8-17-13(14-12)6-10-2-4-11(16)5-3-10/h2-5,8-9,15-16H,6-7H2,1H3. The minimum atomic E-state index is 0.0971. The summed E-state index contributed by atoms with van der Waals surface area (Å²) in [6.45, 7) is 2.09. The van der Waals surface area contributed by atoms with Gasteiger partial charge >= 0.3 is 0 Å². The zero-order valence-electron chi connectivity index (χ0n) is 9.63. The quantitative estimate of drug-likeness (QED) is 0.875. The van der Waals surface area contributed by atoms with Gasteiger partial charge in [-0.3, -0.25) is 0 Å². The maximum absolute atomic E-state index is 9.19. The second kappa shape index (κ2) is 5.29. The normalized spacial score (nSPS) is 12.6. The molecule has 4 heteroatoms. The molecule has 0 amide bonds. The summed E-state index contributed by atoms with van der Waals surface area (Å²) in [4.78, 5) is 4.49. The van der Waals surface area contributed by atoms with Crippen molar-refractivity contribution in [2.45, 2.75) is 19.3 Å². The Balaban J connectivity index is 2.08. The zero-order chi connectivity index (χ0) is 12.3. The predicted octanol–water partition coefficient (Wildman–Crippen LogP) is 2.54. The van der Waals surface area contributed by atoms with Gasteiger partial charge in [0.2, 0.25) is 0 Å². The van der Waals surface area contributed by atoms with Crippen LogP contribution in [0.2, 0.25) is 0 Å². The maximum Gasteiger partial charge on any atom is 0.115 e. The van der Waals surface area contributed by atoms with Crippen LogP contribution in [0, 0.1) is 0 Å². The van der Waals surface area contributed by atoms with E-state index in [0.717, 1.165) is 22.7 Å². The van der Waals surface area contributed by atoms with Gasteiger partial charge in [-0.05, 0) is 17.7 Å². The number of rotatable bonds is 4. The minimum Gasteiger partial charge on any atom is -0.508 e. The summed E-state index contributed by atoms with van der Waals surface area (Å²) in [5, 5.41) is 21.3. The lowest BCUT2D eigenvalue weighted by atomic mass is 10.1. The van der Waals surface area contributed by atoms with Crippen LogP contribution in [0.1, 0.15) is 29.1 Å². The van der Waals surface area contributed by atoms with Gasteiger partial charge in [-0.1, -0.05) is 19.1 Å². The van der Waals surface area contributed by atoms with Crippen molar-refractivity contribution in [2.24, 2.45) is 0 Å². The Bertz CT molecular complexity index is 478. The highest BCUT2D eigenvalue weighted by Crippen LogP contribution is 2.21. The Kier molecular flexibility index (Phi) is 3.76. The van der Waals surface area contributed by atoms with Crippen molar-refractivity contribution in [3.63, 3.8) is 0 Å². The molecule has 0 aliphatic heterocycles. The van der Waals surface area contributed by atoms with Gasteiger partial charge in [-0.2, -0.15) is 0 Å². The van der Waals surface area contributed by atoms with Crippen LogP contribution in [0.15, 0.2) is 29.6 Å². The number of phenols is 1. The Morgan fingerprint density at radius 2 is 2.00 bits per heavy atom. The predicted molar refractivity (Wildman–Crippen MR) is 68.5 cm³/mol. The molecular weight excluding hydrogens is 234 g/mol. The molecule has 1 atom stereocenters. The highest BCUT2D eigenvalue weighted by molar-refractivity contribution is 7.09. The van der Waals surface area contributed by atoms with Crippen molar-refractivity contribution in [2.75, 3.05) is 6.61 Å². The minimum absolute atomic E-state index is 0.0971. The molecule has 1 aromatic carbocycles. The first-order valence-corrected chi connectivity index (χ1v) is 6.40. The third-order valence-electron chi connectivity index (χ3n) is 2.64. The molecular formula is C13H15NO2S. The number of hydrogen-bond donors (Lipinski definition) is 2. The average Bonchev–Trinajstić information content (AvgIpc) is 2.80. The van der Waals surface area contributed by atoms with Crippen molar-refractivity contribution in [1.82, 2.24) is 4.98 Å². The van der Waals surface area contributed by atoms with E-state index in [1.807, 2.05) is 24.4 Å². The Morgan fingerprint density at radius 3 is 2.65 bits per heavy atom. The summed E-state index contributed by atoms with van der Waals surface area (Å²) in [5.74, 6) is 0.377. The molecule has 0 aliphatic rings.